The molecule has 3 rings (SSSR count). The maximum Gasteiger partial charge on any atom is 0.160 e. The molecule has 2 N–H and O–H groups in total. The van der Waals surface area contributed by atoms with E-state index in [1.807, 2.05) is 6.07 Å². The zero-order valence-electron chi connectivity index (χ0n) is 12.5. The van der Waals surface area contributed by atoms with Crippen LogP contribution in [0.2, 0.25) is 0 Å². The predicted molar refractivity (Wildman–Crippen MR) is 81.0 cm³/mol. The lowest BCUT2D eigenvalue weighted by Gasteiger charge is -2.27. The molecule has 0 radical (unpaired) electrons. The van der Waals surface area contributed by atoms with Crippen LogP contribution in [0.5, 0.6) is 28.7 Å². The maximum atomic E-state index is 10.0. The Morgan fingerprint density at radius 2 is 1.86 bits per heavy atom. The molecule has 0 saturated heterocycles. The van der Waals surface area contributed by atoms with Gasteiger partial charge in [-0.1, -0.05) is 6.07 Å². The minimum Gasteiger partial charge on any atom is -0.507 e. The summed E-state index contributed by atoms with van der Waals surface area (Å²) in [5.74, 6) is 1.89. The Balaban J connectivity index is 1.92. The van der Waals surface area contributed by atoms with Crippen molar-refractivity contribution in [2.45, 2.75) is 18.9 Å². The summed E-state index contributed by atoms with van der Waals surface area (Å²) >= 11 is 0. The van der Waals surface area contributed by atoms with Crippen LogP contribution in [0.4, 0.5) is 0 Å². The second kappa shape index (κ2) is 5.67. The van der Waals surface area contributed by atoms with Crippen molar-refractivity contribution in [3.05, 3.63) is 41.5 Å². The molecule has 0 amide bonds. The first-order chi connectivity index (χ1) is 10.6. The number of ether oxygens (including phenoxy) is 3. The zero-order chi connectivity index (χ0) is 15.7. The molecule has 1 heterocycles. The monoisotopic (exact) mass is 302 g/mol. The normalized spacial score (nSPS) is 16.5. The van der Waals surface area contributed by atoms with E-state index in [9.17, 15) is 10.2 Å². The number of benzene rings is 2. The van der Waals surface area contributed by atoms with Gasteiger partial charge in [0, 0.05) is 17.7 Å². The molecule has 1 aliphatic rings. The number of methoxy groups -OCH3 is 2. The summed E-state index contributed by atoms with van der Waals surface area (Å²) in [5, 5.41) is 19.7. The van der Waals surface area contributed by atoms with Crippen molar-refractivity contribution in [2.24, 2.45) is 0 Å². The second-order valence-corrected chi connectivity index (χ2v) is 5.20. The molecule has 0 aliphatic carbocycles. The van der Waals surface area contributed by atoms with E-state index in [1.54, 1.807) is 31.4 Å². The van der Waals surface area contributed by atoms with Gasteiger partial charge in [-0.05, 0) is 30.5 Å². The Labute approximate surface area is 128 Å². The first-order valence-corrected chi connectivity index (χ1v) is 7.05. The highest BCUT2D eigenvalue weighted by Crippen LogP contribution is 2.42. The minimum absolute atomic E-state index is 0.0989. The highest BCUT2D eigenvalue weighted by molar-refractivity contribution is 5.51. The Morgan fingerprint density at radius 3 is 2.59 bits per heavy atom. The van der Waals surface area contributed by atoms with E-state index in [-0.39, 0.29) is 17.6 Å². The smallest absolute Gasteiger partial charge is 0.160 e. The van der Waals surface area contributed by atoms with Crippen LogP contribution in [-0.2, 0) is 6.42 Å². The van der Waals surface area contributed by atoms with Crippen LogP contribution in [0.1, 0.15) is 23.7 Å². The van der Waals surface area contributed by atoms with Crippen molar-refractivity contribution in [3.8, 4) is 28.7 Å². The number of rotatable bonds is 3. The van der Waals surface area contributed by atoms with Crippen molar-refractivity contribution in [1.82, 2.24) is 0 Å². The molecule has 5 nitrogen and oxygen atoms in total. The molecule has 1 atom stereocenters. The van der Waals surface area contributed by atoms with Crippen LogP contribution in [-0.4, -0.2) is 24.4 Å². The Morgan fingerprint density at radius 1 is 1.05 bits per heavy atom. The number of hydrogen-bond acceptors (Lipinski definition) is 5. The predicted octanol–water partition coefficient (Wildman–Crippen LogP) is 3.18. The Kier molecular flexibility index (Phi) is 3.71. The summed E-state index contributed by atoms with van der Waals surface area (Å²) in [6.45, 7) is 0. The van der Waals surface area contributed by atoms with E-state index < -0.39 is 0 Å². The summed E-state index contributed by atoms with van der Waals surface area (Å²) < 4.78 is 16.3. The zero-order valence-corrected chi connectivity index (χ0v) is 12.5. The van der Waals surface area contributed by atoms with Gasteiger partial charge >= 0.3 is 0 Å². The Hall–Kier alpha value is -2.56. The number of phenols is 2. The van der Waals surface area contributed by atoms with E-state index in [0.717, 1.165) is 17.5 Å². The van der Waals surface area contributed by atoms with Crippen LogP contribution in [0.25, 0.3) is 0 Å². The summed E-state index contributed by atoms with van der Waals surface area (Å²) in [5.41, 5.74) is 1.71. The minimum atomic E-state index is -0.159. The molecule has 0 unspecified atom stereocenters. The highest BCUT2D eigenvalue weighted by Gasteiger charge is 2.25. The number of phenolic OH excluding ortho intramolecular Hbond substituents is 2. The molecule has 0 saturated carbocycles. The molecule has 5 heteroatoms. The van der Waals surface area contributed by atoms with Gasteiger partial charge < -0.3 is 24.4 Å². The average Bonchev–Trinajstić information content (AvgIpc) is 2.54. The van der Waals surface area contributed by atoms with Crippen molar-refractivity contribution in [1.29, 1.82) is 0 Å². The summed E-state index contributed by atoms with van der Waals surface area (Å²) in [4.78, 5) is 0. The molecular weight excluding hydrogens is 284 g/mol. The fourth-order valence-corrected chi connectivity index (χ4v) is 2.70. The van der Waals surface area contributed by atoms with Crippen LogP contribution < -0.4 is 14.2 Å². The van der Waals surface area contributed by atoms with E-state index in [0.29, 0.717) is 23.7 Å². The molecule has 0 fully saturated rings. The molecule has 1 aliphatic heterocycles. The average molecular weight is 302 g/mol. The number of fused-ring (bicyclic) bond motifs is 1. The number of aromatic hydroxyl groups is 2. The first kappa shape index (κ1) is 14.4. The Bertz CT molecular complexity index is 696. The summed E-state index contributed by atoms with van der Waals surface area (Å²) in [6, 6.07) is 8.54. The van der Waals surface area contributed by atoms with Gasteiger partial charge in [-0.3, -0.25) is 0 Å². The van der Waals surface area contributed by atoms with Crippen molar-refractivity contribution >= 4 is 0 Å². The standard InChI is InChI=1S/C17H18O5/c1-20-11-8-14(19)12-4-6-15(22-16(12)9-11)10-3-5-13(18)17(7-10)21-2/h3,5,7-9,15,18-19H,4,6H2,1-2H3/t15-/m0/s1. The van der Waals surface area contributed by atoms with Gasteiger partial charge in [0.2, 0.25) is 0 Å². The maximum absolute atomic E-state index is 10.0. The molecular formula is C17H18O5. The second-order valence-electron chi connectivity index (χ2n) is 5.20. The van der Waals surface area contributed by atoms with Gasteiger partial charge in [-0.25, -0.2) is 0 Å². The van der Waals surface area contributed by atoms with Gasteiger partial charge in [0.05, 0.1) is 14.2 Å². The van der Waals surface area contributed by atoms with Crippen LogP contribution in [0.3, 0.4) is 0 Å². The lowest BCUT2D eigenvalue weighted by Crippen LogP contribution is -2.15. The largest absolute Gasteiger partial charge is 0.507 e. The van der Waals surface area contributed by atoms with Crippen molar-refractivity contribution in [3.63, 3.8) is 0 Å². The van der Waals surface area contributed by atoms with Crippen LogP contribution in [0, 0.1) is 0 Å². The van der Waals surface area contributed by atoms with Gasteiger partial charge in [-0.2, -0.15) is 0 Å². The van der Waals surface area contributed by atoms with E-state index in [2.05, 4.69) is 0 Å². The van der Waals surface area contributed by atoms with Gasteiger partial charge in [0.15, 0.2) is 11.5 Å². The fraction of sp³-hybridized carbons (Fsp3) is 0.294. The molecule has 0 aromatic heterocycles. The highest BCUT2D eigenvalue weighted by atomic mass is 16.5. The number of hydrogen-bond donors (Lipinski definition) is 2. The fourth-order valence-electron chi connectivity index (χ4n) is 2.70. The lowest BCUT2D eigenvalue weighted by atomic mass is 9.96. The SMILES string of the molecule is COc1cc(O)c2c(c1)O[C@H](c1ccc(O)c(OC)c1)CC2. The quantitative estimate of drug-likeness (QED) is 0.911. The molecule has 2 aromatic carbocycles. The van der Waals surface area contributed by atoms with Crippen molar-refractivity contribution in [2.75, 3.05) is 14.2 Å². The molecule has 116 valence electrons. The lowest BCUT2D eigenvalue weighted by molar-refractivity contribution is 0.173. The van der Waals surface area contributed by atoms with Crippen molar-refractivity contribution < 1.29 is 24.4 Å². The van der Waals surface area contributed by atoms with E-state index in [1.165, 1.54) is 7.11 Å². The van der Waals surface area contributed by atoms with E-state index >= 15 is 0 Å². The third kappa shape index (κ3) is 2.50. The van der Waals surface area contributed by atoms with E-state index in [4.69, 9.17) is 14.2 Å². The van der Waals surface area contributed by atoms with Gasteiger partial charge in [0.1, 0.15) is 23.4 Å². The first-order valence-electron chi connectivity index (χ1n) is 7.05. The topological polar surface area (TPSA) is 68.2 Å². The molecule has 22 heavy (non-hydrogen) atoms. The molecule has 2 aromatic rings. The van der Waals surface area contributed by atoms with Crippen LogP contribution in [0.15, 0.2) is 30.3 Å². The molecule has 0 spiro atoms. The van der Waals surface area contributed by atoms with Crippen LogP contribution >= 0.6 is 0 Å². The summed E-state index contributed by atoms with van der Waals surface area (Å²) in [7, 11) is 3.06. The third-order valence-corrected chi connectivity index (χ3v) is 3.90. The summed E-state index contributed by atoms with van der Waals surface area (Å²) in [6.07, 6.45) is 1.29. The third-order valence-electron chi connectivity index (χ3n) is 3.90. The van der Waals surface area contributed by atoms with Gasteiger partial charge in [0.25, 0.3) is 0 Å². The molecule has 0 bridgehead atoms. The van der Waals surface area contributed by atoms with Gasteiger partial charge in [-0.15, -0.1) is 0 Å².